The molecule has 0 amide bonds. The fourth-order valence-electron chi connectivity index (χ4n) is 5.19. The topological polar surface area (TPSA) is 115 Å². The van der Waals surface area contributed by atoms with E-state index in [0.29, 0.717) is 12.8 Å². The van der Waals surface area contributed by atoms with Gasteiger partial charge in [-0.2, -0.15) is 0 Å². The largest absolute Gasteiger partial charge is 0.481 e. The van der Waals surface area contributed by atoms with Gasteiger partial charge in [0.1, 0.15) is 0 Å². The average molecular weight is 737 g/mol. The molecule has 0 spiro atoms. The maximum Gasteiger partial charge on any atom is 0.303 e. The summed E-state index contributed by atoms with van der Waals surface area (Å²) in [5.41, 5.74) is 0. The van der Waals surface area contributed by atoms with Gasteiger partial charge < -0.3 is 20.4 Å². The van der Waals surface area contributed by atoms with Gasteiger partial charge in [-0.25, -0.2) is 0 Å². The van der Waals surface area contributed by atoms with Crippen LogP contribution in [0.4, 0.5) is 0 Å². The molecule has 0 aliphatic rings. The van der Waals surface area contributed by atoms with Crippen LogP contribution in [0.25, 0.3) is 0 Å². The van der Waals surface area contributed by atoms with Gasteiger partial charge in [0.15, 0.2) is 0 Å². The molecule has 6 nitrogen and oxygen atoms in total. The summed E-state index contributed by atoms with van der Waals surface area (Å²) in [5, 5.41) is 33.1. The number of aliphatic hydroxyl groups is 2. The molecule has 0 aliphatic heterocycles. The minimum absolute atomic E-state index is 0. The number of aliphatic hydroxyl groups excluding tert-OH is 2. The van der Waals surface area contributed by atoms with E-state index in [4.69, 9.17) is 20.4 Å². The number of aliphatic carboxylic acids is 2. The van der Waals surface area contributed by atoms with Gasteiger partial charge in [-0.3, -0.25) is 9.59 Å². The molecular weight excluding hydrogens is 648 g/mol. The average Bonchev–Trinajstić information content (AvgIpc) is 2.96. The summed E-state index contributed by atoms with van der Waals surface area (Å²) < 4.78 is 0. The van der Waals surface area contributed by atoms with Crippen molar-refractivity contribution in [2.24, 2.45) is 11.8 Å². The smallest absolute Gasteiger partial charge is 0.303 e. The predicted octanol–water partition coefficient (Wildman–Crippen LogP) is 13.1. The van der Waals surface area contributed by atoms with Gasteiger partial charge in [0.2, 0.25) is 0 Å². The number of rotatable bonds is 30. The monoisotopic (exact) mass is 737 g/mol. The van der Waals surface area contributed by atoms with Gasteiger partial charge in [-0.05, 0) is 52.4 Å². The third-order valence-corrected chi connectivity index (χ3v) is 7.84. The first kappa shape index (κ1) is 57.9. The van der Waals surface area contributed by atoms with Crippen molar-refractivity contribution in [3.05, 3.63) is 0 Å². The Morgan fingerprint density at radius 3 is 0.633 bits per heavy atom. The molecule has 0 aromatic rings. The maximum atomic E-state index is 10.3. The van der Waals surface area contributed by atoms with Crippen molar-refractivity contribution >= 4 is 11.9 Å². The van der Waals surface area contributed by atoms with Crippen molar-refractivity contribution in [3.8, 4) is 0 Å². The van der Waals surface area contributed by atoms with Crippen LogP contribution >= 0.6 is 0 Å². The zero-order chi connectivity index (χ0) is 37.3. The Morgan fingerprint density at radius 2 is 0.490 bits per heavy atom. The van der Waals surface area contributed by atoms with Crippen molar-refractivity contribution in [1.82, 2.24) is 0 Å². The molecule has 0 heterocycles. The van der Waals surface area contributed by atoms with Gasteiger partial charge in [-0.15, -0.1) is 0 Å². The standard InChI is InChI=1S/2C18H36O2.2C3H8O.Ti/c2*1-17(2)15-13-11-9-7-5-3-4-6-8-10-12-14-16-18(19)20;2*1-3(2)4;/h2*17H,3-16H2,1-2H3,(H,19,20);2*3-4H,1-2H3;. The summed E-state index contributed by atoms with van der Waals surface area (Å²) in [7, 11) is 0. The molecule has 0 aromatic carbocycles. The molecule has 49 heavy (non-hydrogen) atoms. The first-order valence-electron chi connectivity index (χ1n) is 20.5. The second-order valence-electron chi connectivity index (χ2n) is 15.3. The fourth-order valence-corrected chi connectivity index (χ4v) is 5.19. The molecular formula is C42H88O6Ti. The molecule has 0 aromatic heterocycles. The van der Waals surface area contributed by atoms with Crippen LogP contribution in [0.2, 0.25) is 0 Å². The van der Waals surface area contributed by atoms with E-state index in [1.54, 1.807) is 27.7 Å². The molecule has 0 saturated carbocycles. The van der Waals surface area contributed by atoms with Crippen LogP contribution in [0.3, 0.4) is 0 Å². The van der Waals surface area contributed by atoms with Crippen molar-refractivity contribution < 1.29 is 51.7 Å². The molecule has 0 bridgehead atoms. The van der Waals surface area contributed by atoms with Crippen LogP contribution in [0.5, 0.6) is 0 Å². The summed E-state index contributed by atoms with van der Waals surface area (Å²) in [5.74, 6) is 0.424. The minimum atomic E-state index is -0.654. The third kappa shape index (κ3) is 87.7. The van der Waals surface area contributed by atoms with Crippen molar-refractivity contribution in [3.63, 3.8) is 0 Å². The van der Waals surface area contributed by atoms with Crippen LogP contribution in [-0.4, -0.2) is 44.6 Å². The molecule has 4 N–H and O–H groups in total. The van der Waals surface area contributed by atoms with E-state index < -0.39 is 11.9 Å². The second kappa shape index (κ2) is 49.7. The van der Waals surface area contributed by atoms with E-state index in [1.807, 2.05) is 0 Å². The molecule has 0 radical (unpaired) electrons. The van der Waals surface area contributed by atoms with E-state index in [-0.39, 0.29) is 33.9 Å². The Morgan fingerprint density at radius 1 is 0.347 bits per heavy atom. The molecule has 0 saturated heterocycles. The van der Waals surface area contributed by atoms with Crippen LogP contribution in [0, 0.1) is 11.8 Å². The van der Waals surface area contributed by atoms with Crippen LogP contribution in [-0.2, 0) is 31.3 Å². The first-order chi connectivity index (χ1) is 22.7. The molecule has 0 unspecified atom stereocenters. The quantitative estimate of drug-likeness (QED) is 0.0431. The van der Waals surface area contributed by atoms with Crippen LogP contribution in [0.15, 0.2) is 0 Å². The molecule has 0 fully saturated rings. The summed E-state index contributed by atoms with van der Waals surface area (Å²) in [6, 6.07) is 0. The summed E-state index contributed by atoms with van der Waals surface area (Å²) in [6.07, 6.45) is 34.3. The number of carboxylic acids is 2. The maximum absolute atomic E-state index is 10.3. The van der Waals surface area contributed by atoms with Crippen molar-refractivity contribution in [2.45, 2.75) is 247 Å². The van der Waals surface area contributed by atoms with Gasteiger partial charge >= 0.3 is 11.9 Å². The Hall–Kier alpha value is -0.426. The molecule has 0 rings (SSSR count). The number of hydrogen-bond acceptors (Lipinski definition) is 4. The summed E-state index contributed by atoms with van der Waals surface area (Å²) in [6.45, 7) is 16.1. The Labute approximate surface area is 321 Å². The Kier molecular flexibility index (Phi) is 58.7. The van der Waals surface area contributed by atoms with E-state index >= 15 is 0 Å². The molecule has 296 valence electrons. The molecule has 7 heteroatoms. The third-order valence-electron chi connectivity index (χ3n) is 7.84. The number of carbonyl (C=O) groups is 2. The van der Waals surface area contributed by atoms with E-state index in [1.165, 1.54) is 141 Å². The van der Waals surface area contributed by atoms with Crippen LogP contribution < -0.4 is 0 Å². The van der Waals surface area contributed by atoms with Gasteiger partial charge in [0.05, 0.1) is 0 Å². The SMILES string of the molecule is CC(C)CCCCCCCCCCCCCCC(=O)O.CC(C)CCCCCCCCCCCCCCC(=O)O.CC(C)O.CC(C)O.[Ti]. The zero-order valence-electron chi connectivity index (χ0n) is 34.2. The van der Waals surface area contributed by atoms with E-state index in [9.17, 15) is 9.59 Å². The minimum Gasteiger partial charge on any atom is -0.481 e. The fraction of sp³-hybridized carbons (Fsp3) is 0.952. The van der Waals surface area contributed by atoms with Gasteiger partial charge in [-0.1, -0.05) is 182 Å². The second-order valence-corrected chi connectivity index (χ2v) is 15.3. The normalized spacial score (nSPS) is 10.6. The molecule has 0 aliphatic carbocycles. The van der Waals surface area contributed by atoms with Gasteiger partial charge in [0, 0.05) is 46.8 Å². The number of carboxylic acid groups (broad SMARTS) is 2. The van der Waals surface area contributed by atoms with E-state index in [2.05, 4.69) is 27.7 Å². The predicted molar refractivity (Wildman–Crippen MR) is 209 cm³/mol. The summed E-state index contributed by atoms with van der Waals surface area (Å²) in [4.78, 5) is 20.7. The van der Waals surface area contributed by atoms with Gasteiger partial charge in [0.25, 0.3) is 0 Å². The Balaban J connectivity index is -0.000000212. The number of hydrogen-bond donors (Lipinski definition) is 4. The zero-order valence-corrected chi connectivity index (χ0v) is 35.8. The van der Waals surface area contributed by atoms with Crippen LogP contribution in [0.1, 0.15) is 235 Å². The van der Waals surface area contributed by atoms with Crippen molar-refractivity contribution in [2.75, 3.05) is 0 Å². The number of unbranched alkanes of at least 4 members (excludes halogenated alkanes) is 22. The van der Waals surface area contributed by atoms with Crippen molar-refractivity contribution in [1.29, 1.82) is 0 Å². The molecule has 0 atom stereocenters. The Bertz CT molecular complexity index is 552. The summed E-state index contributed by atoms with van der Waals surface area (Å²) >= 11 is 0. The first-order valence-corrected chi connectivity index (χ1v) is 20.5. The van der Waals surface area contributed by atoms with E-state index in [0.717, 1.165) is 37.5 Å².